The second-order valence-electron chi connectivity index (χ2n) is 6.17. The number of carbonyl (C=O) groups excluding carboxylic acids is 2. The van der Waals surface area contributed by atoms with Gasteiger partial charge in [-0.05, 0) is 19.1 Å². The summed E-state index contributed by atoms with van der Waals surface area (Å²) >= 11 is 1.29. The average molecular weight is 390 g/mol. The van der Waals surface area contributed by atoms with Crippen molar-refractivity contribution in [3.05, 3.63) is 36.8 Å². The molecule has 2 fully saturated rings. The summed E-state index contributed by atoms with van der Waals surface area (Å²) < 4.78 is 18.3. The third-order valence-electron chi connectivity index (χ3n) is 4.65. The Bertz CT molecular complexity index is 814. The number of rotatable bonds is 7. The van der Waals surface area contributed by atoms with Crippen molar-refractivity contribution in [1.82, 2.24) is 9.88 Å². The molecule has 1 aliphatic heterocycles. The highest BCUT2D eigenvalue weighted by molar-refractivity contribution is 8.02. The van der Waals surface area contributed by atoms with E-state index in [0.717, 1.165) is 0 Å². The number of hydrogen-bond donors (Lipinski definition) is 1. The molecule has 27 heavy (non-hydrogen) atoms. The molecule has 2 aliphatic rings. The molecule has 4 unspecified atom stereocenters. The summed E-state index contributed by atoms with van der Waals surface area (Å²) in [5.41, 5.74) is 0. The molecule has 1 aromatic rings. The molecule has 2 heterocycles. The van der Waals surface area contributed by atoms with Crippen molar-refractivity contribution >= 4 is 29.5 Å². The molecule has 142 valence electrons. The number of pyridine rings is 1. The van der Waals surface area contributed by atoms with Crippen LogP contribution in [0.4, 0.5) is 10.2 Å². The normalized spacial score (nSPS) is 28.7. The van der Waals surface area contributed by atoms with Gasteiger partial charge in [0, 0.05) is 13.1 Å². The fourth-order valence-corrected chi connectivity index (χ4v) is 5.30. The smallest absolute Gasteiger partial charge is 0.314 e. The van der Waals surface area contributed by atoms with Crippen LogP contribution in [0.2, 0.25) is 0 Å². The van der Waals surface area contributed by atoms with E-state index in [-0.39, 0.29) is 19.1 Å². The highest BCUT2D eigenvalue weighted by Crippen LogP contribution is 2.66. The van der Waals surface area contributed by atoms with E-state index in [1.54, 1.807) is 11.0 Å². The zero-order valence-electron chi connectivity index (χ0n) is 14.7. The topological polar surface area (TPSA) is 95.3 Å². The van der Waals surface area contributed by atoms with E-state index < -0.39 is 33.9 Å². The summed E-state index contributed by atoms with van der Waals surface area (Å²) in [4.78, 5) is 29.6. The number of amides is 1. The third-order valence-corrected chi connectivity index (χ3v) is 6.40. The van der Waals surface area contributed by atoms with E-state index >= 15 is 0 Å². The first-order chi connectivity index (χ1) is 13.0. The lowest BCUT2D eigenvalue weighted by Gasteiger charge is -2.22. The number of esters is 1. The molecule has 1 aliphatic carbocycles. The number of carbonyl (C=O) groups is 2. The van der Waals surface area contributed by atoms with Gasteiger partial charge >= 0.3 is 5.97 Å². The second-order valence-corrected chi connectivity index (χ2v) is 7.63. The number of hydrogen-bond acceptors (Lipinski definition) is 7. The van der Waals surface area contributed by atoms with Crippen molar-refractivity contribution in [3.8, 4) is 6.07 Å². The number of halogens is 1. The molecule has 0 bridgehead atoms. The Labute approximate surface area is 160 Å². The Balaban J connectivity index is 1.75. The predicted molar refractivity (Wildman–Crippen MR) is 97.9 cm³/mol. The quantitative estimate of drug-likeness (QED) is 0.431. The first kappa shape index (κ1) is 19.2. The lowest BCUT2D eigenvalue weighted by atomic mass is 10.3. The molecule has 1 N–H and O–H groups in total. The van der Waals surface area contributed by atoms with Crippen LogP contribution in [0.3, 0.4) is 0 Å². The Hall–Kier alpha value is -2.60. The molecule has 9 heteroatoms. The van der Waals surface area contributed by atoms with Crippen LogP contribution < -0.4 is 5.32 Å². The van der Waals surface area contributed by atoms with Crippen molar-refractivity contribution < 1.29 is 18.7 Å². The van der Waals surface area contributed by atoms with Gasteiger partial charge < -0.3 is 15.0 Å². The van der Waals surface area contributed by atoms with Crippen LogP contribution in [0.25, 0.3) is 0 Å². The molecule has 1 aromatic heterocycles. The number of nitriles is 1. The highest BCUT2D eigenvalue weighted by atomic mass is 32.2. The first-order valence-electron chi connectivity index (χ1n) is 8.52. The molecular formula is C18H19FN4O3S. The number of anilines is 1. The van der Waals surface area contributed by atoms with Crippen LogP contribution in [-0.2, 0) is 14.3 Å². The lowest BCUT2D eigenvalue weighted by Crippen LogP contribution is -2.39. The molecule has 3 rings (SSSR count). The largest absolute Gasteiger partial charge is 0.461 e. The molecule has 1 saturated carbocycles. The van der Waals surface area contributed by atoms with E-state index in [9.17, 15) is 19.2 Å². The van der Waals surface area contributed by atoms with Crippen molar-refractivity contribution in [2.75, 3.05) is 25.0 Å². The maximum atomic E-state index is 13.2. The molecule has 1 amide bonds. The van der Waals surface area contributed by atoms with Gasteiger partial charge in [0.1, 0.15) is 28.5 Å². The van der Waals surface area contributed by atoms with E-state index in [1.165, 1.54) is 30.0 Å². The summed E-state index contributed by atoms with van der Waals surface area (Å²) in [6.45, 7) is 5.96. The standard InChI is InChI=1S/C18H19FN4O3S/c1-3-8-26-17(25)15-11(9-20)18(15)23(4-2)16(24)12(27-18)10-21-14-7-5-6-13(19)22-14/h3,5-7,11-12,15H,1,4,8,10H2,2H3,(H,21,22). The van der Waals surface area contributed by atoms with E-state index in [0.29, 0.717) is 12.4 Å². The molecule has 0 aromatic carbocycles. The predicted octanol–water partition coefficient (Wildman–Crippen LogP) is 1.79. The number of aromatic nitrogens is 1. The summed E-state index contributed by atoms with van der Waals surface area (Å²) in [6.07, 6.45) is 1.46. The highest BCUT2D eigenvalue weighted by Gasteiger charge is 2.78. The zero-order chi connectivity index (χ0) is 19.6. The first-order valence-corrected chi connectivity index (χ1v) is 9.40. The van der Waals surface area contributed by atoms with Crippen LogP contribution in [0.1, 0.15) is 6.92 Å². The Morgan fingerprint density at radius 2 is 2.41 bits per heavy atom. The second kappa shape index (κ2) is 7.56. The van der Waals surface area contributed by atoms with E-state index in [2.05, 4.69) is 22.9 Å². The number of thioether (sulfide) groups is 1. The summed E-state index contributed by atoms with van der Waals surface area (Å²) in [5, 5.41) is 11.9. The lowest BCUT2D eigenvalue weighted by molar-refractivity contribution is -0.145. The van der Waals surface area contributed by atoms with Crippen LogP contribution in [0.15, 0.2) is 30.9 Å². The van der Waals surface area contributed by atoms with Gasteiger partial charge in [-0.1, -0.05) is 18.7 Å². The summed E-state index contributed by atoms with van der Waals surface area (Å²) in [5.74, 6) is -2.27. The van der Waals surface area contributed by atoms with Gasteiger partial charge in [0.05, 0.1) is 12.0 Å². The minimum Gasteiger partial charge on any atom is -0.461 e. The van der Waals surface area contributed by atoms with Crippen LogP contribution in [0, 0.1) is 29.1 Å². The number of ether oxygens (including phenoxy) is 1. The van der Waals surface area contributed by atoms with Gasteiger partial charge in [-0.2, -0.15) is 9.65 Å². The summed E-state index contributed by atoms with van der Waals surface area (Å²) in [6, 6.07) is 6.50. The van der Waals surface area contributed by atoms with Gasteiger partial charge in [0.15, 0.2) is 0 Å². The molecule has 1 saturated heterocycles. The molecular weight excluding hydrogens is 371 g/mol. The minimum atomic E-state index is -0.902. The maximum absolute atomic E-state index is 13.2. The SMILES string of the molecule is C=CCOC(=O)C1C(C#N)C12SC(CNc1cccc(F)n1)C(=O)N2CC. The molecule has 7 nitrogen and oxygen atoms in total. The maximum Gasteiger partial charge on any atom is 0.314 e. The minimum absolute atomic E-state index is 0.0600. The Morgan fingerprint density at radius 1 is 1.63 bits per heavy atom. The monoisotopic (exact) mass is 390 g/mol. The average Bonchev–Trinajstić information content (AvgIpc) is 3.21. The number of nitrogens with zero attached hydrogens (tertiary/aromatic N) is 3. The molecule has 0 radical (unpaired) electrons. The van der Waals surface area contributed by atoms with Crippen molar-refractivity contribution in [1.29, 1.82) is 5.26 Å². The van der Waals surface area contributed by atoms with Gasteiger partial charge in [-0.15, -0.1) is 11.8 Å². The Morgan fingerprint density at radius 3 is 3.04 bits per heavy atom. The van der Waals surface area contributed by atoms with Crippen molar-refractivity contribution in [3.63, 3.8) is 0 Å². The van der Waals surface area contributed by atoms with Crippen LogP contribution in [-0.4, -0.2) is 51.6 Å². The Kier molecular flexibility index (Phi) is 5.37. The van der Waals surface area contributed by atoms with Crippen molar-refractivity contribution in [2.45, 2.75) is 17.0 Å². The third kappa shape index (κ3) is 3.25. The van der Waals surface area contributed by atoms with Crippen LogP contribution >= 0.6 is 11.8 Å². The molecule has 4 atom stereocenters. The van der Waals surface area contributed by atoms with Gasteiger partial charge in [-0.3, -0.25) is 9.59 Å². The fourth-order valence-electron chi connectivity index (χ4n) is 3.46. The summed E-state index contributed by atoms with van der Waals surface area (Å²) in [7, 11) is 0. The van der Waals surface area contributed by atoms with Crippen molar-refractivity contribution in [2.24, 2.45) is 11.8 Å². The van der Waals surface area contributed by atoms with E-state index in [4.69, 9.17) is 4.74 Å². The molecule has 1 spiro atoms. The van der Waals surface area contributed by atoms with Crippen LogP contribution in [0.5, 0.6) is 0 Å². The van der Waals surface area contributed by atoms with Gasteiger partial charge in [-0.25, -0.2) is 4.98 Å². The zero-order valence-corrected chi connectivity index (χ0v) is 15.5. The van der Waals surface area contributed by atoms with Gasteiger partial charge in [0.2, 0.25) is 11.9 Å². The fraction of sp³-hybridized carbons (Fsp3) is 0.444. The number of nitrogens with one attached hydrogen (secondary N) is 1. The van der Waals surface area contributed by atoms with E-state index in [1.807, 2.05) is 6.92 Å². The van der Waals surface area contributed by atoms with Gasteiger partial charge in [0.25, 0.3) is 0 Å².